The molecule has 2 bridgehead atoms. The van der Waals surface area contributed by atoms with Gasteiger partial charge in [-0.15, -0.1) is 0 Å². The van der Waals surface area contributed by atoms with Crippen molar-refractivity contribution >= 4 is 0 Å². The maximum atomic E-state index is 10.3. The van der Waals surface area contributed by atoms with E-state index < -0.39 is 5.60 Å². The topological polar surface area (TPSA) is 20.2 Å². The third-order valence-electron chi connectivity index (χ3n) is 4.81. The van der Waals surface area contributed by atoms with Gasteiger partial charge in [-0.25, -0.2) is 0 Å². The van der Waals surface area contributed by atoms with Crippen molar-refractivity contribution in [2.24, 2.45) is 23.2 Å². The Morgan fingerprint density at radius 1 is 1.07 bits per heavy atom. The Balaban J connectivity index is 0.000000461. The molecular weight excluding hydrogens is 172 g/mol. The Morgan fingerprint density at radius 2 is 1.57 bits per heavy atom. The molecule has 3 aliphatic rings. The van der Waals surface area contributed by atoms with Crippen LogP contribution in [0.4, 0.5) is 0 Å². The highest BCUT2D eigenvalue weighted by Gasteiger charge is 2.61. The molecule has 1 heteroatoms. The summed E-state index contributed by atoms with van der Waals surface area (Å²) < 4.78 is 0. The molecule has 3 saturated carbocycles. The van der Waals surface area contributed by atoms with Gasteiger partial charge in [-0.05, 0) is 42.9 Å². The average molecular weight is 198 g/mol. The van der Waals surface area contributed by atoms with E-state index in [0.29, 0.717) is 17.3 Å². The first kappa shape index (κ1) is 12.0. The van der Waals surface area contributed by atoms with Crippen molar-refractivity contribution < 1.29 is 5.11 Å². The lowest BCUT2D eigenvalue weighted by molar-refractivity contribution is -0.220. The van der Waals surface area contributed by atoms with Crippen LogP contribution in [-0.4, -0.2) is 10.7 Å². The van der Waals surface area contributed by atoms with E-state index in [0.717, 1.165) is 5.92 Å². The second-order valence-electron chi connectivity index (χ2n) is 5.67. The molecule has 0 aromatic carbocycles. The Bertz CT molecular complexity index is 205. The highest BCUT2D eigenvalue weighted by molar-refractivity contribution is 5.10. The van der Waals surface area contributed by atoms with Crippen LogP contribution < -0.4 is 0 Å². The predicted molar refractivity (Wildman–Crippen MR) is 61.1 cm³/mol. The third kappa shape index (κ3) is 1.41. The number of fused-ring (bicyclic) bond motifs is 2. The SMILES string of the molecule is CC.CC1CC2CC(C2(C)C)[C@@]1(C)O. The zero-order chi connectivity index (χ0) is 11.1. The standard InChI is InChI=1S/C11H20O.C2H6/c1-7-5-8-6-9(10(8,2)3)11(7,4)12;1-2/h7-9,12H,5-6H2,1-4H3;1-2H3/t7?,8?,9?,11-;/m0./s1. The first-order chi connectivity index (χ1) is 6.37. The quantitative estimate of drug-likeness (QED) is 0.632. The van der Waals surface area contributed by atoms with Crippen molar-refractivity contribution in [1.82, 2.24) is 0 Å². The van der Waals surface area contributed by atoms with Crippen LogP contribution in [-0.2, 0) is 0 Å². The highest BCUT2D eigenvalue weighted by atomic mass is 16.3. The minimum absolute atomic E-state index is 0.399. The van der Waals surface area contributed by atoms with Gasteiger partial charge in [-0.2, -0.15) is 0 Å². The van der Waals surface area contributed by atoms with Crippen LogP contribution in [0.2, 0.25) is 0 Å². The second-order valence-corrected chi connectivity index (χ2v) is 5.67. The van der Waals surface area contributed by atoms with E-state index in [2.05, 4.69) is 20.8 Å². The Hall–Kier alpha value is -0.0400. The lowest BCUT2D eigenvalue weighted by Gasteiger charge is -2.65. The summed E-state index contributed by atoms with van der Waals surface area (Å²) in [5, 5.41) is 10.3. The molecule has 0 aromatic rings. The summed E-state index contributed by atoms with van der Waals surface area (Å²) in [5.41, 5.74) is -0.00569. The van der Waals surface area contributed by atoms with Crippen LogP contribution in [0.15, 0.2) is 0 Å². The molecule has 0 spiro atoms. The predicted octanol–water partition coefficient (Wildman–Crippen LogP) is 3.47. The molecule has 3 rings (SSSR count). The number of aliphatic hydroxyl groups is 1. The van der Waals surface area contributed by atoms with Crippen LogP contribution >= 0.6 is 0 Å². The van der Waals surface area contributed by atoms with Gasteiger partial charge in [0.1, 0.15) is 0 Å². The van der Waals surface area contributed by atoms with E-state index >= 15 is 0 Å². The van der Waals surface area contributed by atoms with Gasteiger partial charge in [-0.3, -0.25) is 0 Å². The molecule has 0 amide bonds. The van der Waals surface area contributed by atoms with Gasteiger partial charge in [-0.1, -0.05) is 34.6 Å². The van der Waals surface area contributed by atoms with Crippen LogP contribution in [0, 0.1) is 23.2 Å². The lowest BCUT2D eigenvalue weighted by Crippen LogP contribution is -2.63. The molecule has 0 radical (unpaired) electrons. The van der Waals surface area contributed by atoms with Gasteiger partial charge in [0, 0.05) is 0 Å². The first-order valence-corrected chi connectivity index (χ1v) is 6.09. The van der Waals surface area contributed by atoms with E-state index in [1.54, 1.807) is 0 Å². The van der Waals surface area contributed by atoms with Crippen molar-refractivity contribution in [2.75, 3.05) is 0 Å². The van der Waals surface area contributed by atoms with Crippen molar-refractivity contribution in [3.63, 3.8) is 0 Å². The molecule has 3 fully saturated rings. The van der Waals surface area contributed by atoms with E-state index in [9.17, 15) is 5.11 Å². The summed E-state index contributed by atoms with van der Waals surface area (Å²) in [7, 11) is 0. The van der Waals surface area contributed by atoms with Gasteiger partial charge in [0.15, 0.2) is 0 Å². The summed E-state index contributed by atoms with van der Waals surface area (Å²) >= 11 is 0. The van der Waals surface area contributed by atoms with Crippen LogP contribution in [0.1, 0.15) is 54.4 Å². The second kappa shape index (κ2) is 3.52. The zero-order valence-electron chi connectivity index (χ0n) is 10.6. The molecular formula is C13H26O. The molecule has 3 aliphatic carbocycles. The summed E-state index contributed by atoms with van der Waals surface area (Å²) in [6.07, 6.45) is 2.47. The zero-order valence-corrected chi connectivity index (χ0v) is 10.6. The van der Waals surface area contributed by atoms with Crippen LogP contribution in [0.5, 0.6) is 0 Å². The summed E-state index contributed by atoms with van der Waals surface area (Å²) in [5.74, 6) is 1.91. The first-order valence-electron chi connectivity index (χ1n) is 6.09. The van der Waals surface area contributed by atoms with Crippen molar-refractivity contribution in [3.8, 4) is 0 Å². The van der Waals surface area contributed by atoms with E-state index in [1.165, 1.54) is 12.8 Å². The fourth-order valence-electron chi connectivity index (χ4n) is 3.42. The Labute approximate surface area is 88.9 Å². The van der Waals surface area contributed by atoms with Gasteiger partial charge in [0.25, 0.3) is 0 Å². The molecule has 3 unspecified atom stereocenters. The molecule has 1 nitrogen and oxygen atoms in total. The normalized spacial score (nSPS) is 48.6. The number of hydrogen-bond donors (Lipinski definition) is 1. The lowest BCUT2D eigenvalue weighted by atomic mass is 9.42. The van der Waals surface area contributed by atoms with Crippen molar-refractivity contribution in [3.05, 3.63) is 0 Å². The molecule has 0 saturated heterocycles. The fourth-order valence-corrected chi connectivity index (χ4v) is 3.42. The van der Waals surface area contributed by atoms with Crippen molar-refractivity contribution in [1.29, 1.82) is 0 Å². The van der Waals surface area contributed by atoms with Crippen LogP contribution in [0.25, 0.3) is 0 Å². The average Bonchev–Trinajstić information content (AvgIpc) is 2.12. The van der Waals surface area contributed by atoms with Gasteiger partial charge in [0.2, 0.25) is 0 Å². The maximum Gasteiger partial charge on any atom is 0.0678 e. The minimum Gasteiger partial charge on any atom is -0.390 e. The van der Waals surface area contributed by atoms with Gasteiger partial charge < -0.3 is 5.11 Å². The van der Waals surface area contributed by atoms with E-state index in [1.807, 2.05) is 20.8 Å². The molecule has 0 aliphatic heterocycles. The number of rotatable bonds is 0. The summed E-state index contributed by atoms with van der Waals surface area (Å²) in [4.78, 5) is 0. The van der Waals surface area contributed by atoms with E-state index in [4.69, 9.17) is 0 Å². The number of hydrogen-bond acceptors (Lipinski definition) is 1. The van der Waals surface area contributed by atoms with E-state index in [-0.39, 0.29) is 0 Å². The third-order valence-corrected chi connectivity index (χ3v) is 4.81. The summed E-state index contributed by atoms with van der Waals surface area (Å²) in [6.45, 7) is 12.8. The monoisotopic (exact) mass is 198 g/mol. The molecule has 0 aromatic heterocycles. The maximum absolute atomic E-state index is 10.3. The highest BCUT2D eigenvalue weighted by Crippen LogP contribution is 2.64. The molecule has 0 heterocycles. The molecule has 14 heavy (non-hydrogen) atoms. The van der Waals surface area contributed by atoms with Gasteiger partial charge >= 0.3 is 0 Å². The Kier molecular flexibility index (Phi) is 3.02. The largest absolute Gasteiger partial charge is 0.390 e. The van der Waals surface area contributed by atoms with Crippen LogP contribution in [0.3, 0.4) is 0 Å². The fraction of sp³-hybridized carbons (Fsp3) is 1.00. The molecule has 1 N–H and O–H groups in total. The smallest absolute Gasteiger partial charge is 0.0678 e. The minimum atomic E-state index is -0.405. The van der Waals surface area contributed by atoms with Crippen molar-refractivity contribution in [2.45, 2.75) is 60.0 Å². The molecule has 84 valence electrons. The van der Waals surface area contributed by atoms with Gasteiger partial charge in [0.05, 0.1) is 5.60 Å². The summed E-state index contributed by atoms with van der Waals surface area (Å²) in [6, 6.07) is 0. The Morgan fingerprint density at radius 3 is 1.86 bits per heavy atom. The molecule has 4 atom stereocenters.